The fourth-order valence-electron chi connectivity index (χ4n) is 0.867. The third-order valence-electron chi connectivity index (χ3n) is 1.48. The van der Waals surface area contributed by atoms with Gasteiger partial charge in [0.1, 0.15) is 5.75 Å². The molecule has 1 rings (SSSR count). The van der Waals surface area contributed by atoms with Crippen LogP contribution in [0.4, 0.5) is 0 Å². The van der Waals surface area contributed by atoms with E-state index in [4.69, 9.17) is 21.1 Å². The Balaban J connectivity index is 2.73. The van der Waals surface area contributed by atoms with Crippen molar-refractivity contribution in [1.29, 1.82) is 0 Å². The van der Waals surface area contributed by atoms with E-state index in [-0.39, 0.29) is 6.79 Å². The highest BCUT2D eigenvalue weighted by Crippen LogP contribution is 2.22. The third-order valence-corrected chi connectivity index (χ3v) is 2.63. The van der Waals surface area contributed by atoms with Crippen LogP contribution in [0.5, 0.6) is 5.75 Å². The summed E-state index contributed by atoms with van der Waals surface area (Å²) in [4.78, 5) is 0. The standard InChI is InChI=1S/C9H10ClIO2/c1-12-6-13-9-3-2-7(5-10)4-8(9)11/h2-4H,5-6H2,1H3. The molecule has 2 nitrogen and oxygen atoms in total. The molecule has 1 aromatic rings. The Morgan fingerprint density at radius 1 is 1.46 bits per heavy atom. The Bertz CT molecular complexity index is 278. The molecule has 0 amide bonds. The van der Waals surface area contributed by atoms with Crippen LogP contribution in [0.3, 0.4) is 0 Å². The zero-order chi connectivity index (χ0) is 9.68. The first-order chi connectivity index (χ1) is 6.27. The summed E-state index contributed by atoms with van der Waals surface area (Å²) in [5.74, 6) is 1.36. The van der Waals surface area contributed by atoms with Crippen molar-refractivity contribution in [2.45, 2.75) is 5.88 Å². The molecule has 0 unspecified atom stereocenters. The first-order valence-corrected chi connectivity index (χ1v) is 5.35. The lowest BCUT2D eigenvalue weighted by atomic mass is 10.2. The van der Waals surface area contributed by atoms with E-state index in [1.165, 1.54) is 0 Å². The Morgan fingerprint density at radius 2 is 2.23 bits per heavy atom. The fourth-order valence-corrected chi connectivity index (χ4v) is 1.77. The van der Waals surface area contributed by atoms with E-state index in [0.717, 1.165) is 14.9 Å². The number of halogens is 2. The molecule has 0 saturated carbocycles. The summed E-state index contributed by atoms with van der Waals surface area (Å²) in [6, 6.07) is 5.84. The van der Waals surface area contributed by atoms with Crippen molar-refractivity contribution in [2.75, 3.05) is 13.9 Å². The van der Waals surface area contributed by atoms with Crippen LogP contribution in [-0.4, -0.2) is 13.9 Å². The molecule has 0 bridgehead atoms. The fraction of sp³-hybridized carbons (Fsp3) is 0.333. The van der Waals surface area contributed by atoms with Gasteiger partial charge in [0.15, 0.2) is 6.79 Å². The Hall–Kier alpha value is -0.000000000000000111. The van der Waals surface area contributed by atoms with Crippen molar-refractivity contribution >= 4 is 34.2 Å². The van der Waals surface area contributed by atoms with Crippen LogP contribution in [0, 0.1) is 3.57 Å². The van der Waals surface area contributed by atoms with Gasteiger partial charge in [0.25, 0.3) is 0 Å². The summed E-state index contributed by atoms with van der Waals surface area (Å²) < 4.78 is 11.2. The zero-order valence-electron chi connectivity index (χ0n) is 7.22. The van der Waals surface area contributed by atoms with Crippen molar-refractivity contribution in [3.05, 3.63) is 27.3 Å². The van der Waals surface area contributed by atoms with E-state index in [1.807, 2.05) is 18.2 Å². The summed E-state index contributed by atoms with van der Waals surface area (Å²) in [6.45, 7) is 0.274. The molecule has 0 fully saturated rings. The van der Waals surface area contributed by atoms with Crippen LogP contribution in [0.25, 0.3) is 0 Å². The smallest absolute Gasteiger partial charge is 0.188 e. The maximum Gasteiger partial charge on any atom is 0.188 e. The molecule has 0 aliphatic carbocycles. The molecule has 1 aromatic carbocycles. The first-order valence-electron chi connectivity index (χ1n) is 3.74. The van der Waals surface area contributed by atoms with Gasteiger partial charge in [-0.1, -0.05) is 6.07 Å². The Labute approximate surface area is 96.3 Å². The Morgan fingerprint density at radius 3 is 2.77 bits per heavy atom. The van der Waals surface area contributed by atoms with Crippen LogP contribution in [0.15, 0.2) is 18.2 Å². The van der Waals surface area contributed by atoms with Gasteiger partial charge in [-0.05, 0) is 40.3 Å². The quantitative estimate of drug-likeness (QED) is 0.483. The van der Waals surface area contributed by atoms with Crippen molar-refractivity contribution < 1.29 is 9.47 Å². The molecule has 0 aromatic heterocycles. The number of ether oxygens (including phenoxy) is 2. The van der Waals surface area contributed by atoms with Gasteiger partial charge >= 0.3 is 0 Å². The second kappa shape index (κ2) is 5.67. The summed E-state index contributed by atoms with van der Waals surface area (Å²) in [5.41, 5.74) is 1.09. The molecular formula is C9H10ClIO2. The largest absolute Gasteiger partial charge is 0.466 e. The number of hydrogen-bond donors (Lipinski definition) is 0. The van der Waals surface area contributed by atoms with E-state index >= 15 is 0 Å². The number of benzene rings is 1. The highest BCUT2D eigenvalue weighted by atomic mass is 127. The van der Waals surface area contributed by atoms with Crippen molar-refractivity contribution in [3.63, 3.8) is 0 Å². The lowest BCUT2D eigenvalue weighted by Gasteiger charge is -2.07. The predicted molar refractivity (Wildman–Crippen MR) is 61.2 cm³/mol. The summed E-state index contributed by atoms with van der Waals surface area (Å²) in [6.07, 6.45) is 0. The number of hydrogen-bond acceptors (Lipinski definition) is 2. The highest BCUT2D eigenvalue weighted by Gasteiger charge is 2.01. The molecule has 4 heteroatoms. The van der Waals surface area contributed by atoms with Gasteiger partial charge in [-0.15, -0.1) is 11.6 Å². The van der Waals surface area contributed by atoms with Crippen LogP contribution in [-0.2, 0) is 10.6 Å². The molecule has 0 radical (unpaired) electrons. The van der Waals surface area contributed by atoms with Crippen LogP contribution in [0.1, 0.15) is 5.56 Å². The lowest BCUT2D eigenvalue weighted by Crippen LogP contribution is -2.00. The maximum atomic E-state index is 5.69. The zero-order valence-corrected chi connectivity index (χ0v) is 10.1. The maximum absolute atomic E-state index is 5.69. The number of alkyl halides is 1. The molecule has 72 valence electrons. The summed E-state index contributed by atoms with van der Waals surface area (Å²) in [5, 5.41) is 0. The molecule has 0 aliphatic rings. The van der Waals surface area contributed by atoms with Crippen LogP contribution in [0.2, 0.25) is 0 Å². The van der Waals surface area contributed by atoms with Crippen molar-refractivity contribution in [3.8, 4) is 5.75 Å². The van der Waals surface area contributed by atoms with Crippen molar-refractivity contribution in [1.82, 2.24) is 0 Å². The highest BCUT2D eigenvalue weighted by molar-refractivity contribution is 14.1. The van der Waals surface area contributed by atoms with Gasteiger partial charge in [0.2, 0.25) is 0 Å². The predicted octanol–water partition coefficient (Wildman–Crippen LogP) is 3.01. The van der Waals surface area contributed by atoms with E-state index in [1.54, 1.807) is 7.11 Å². The van der Waals surface area contributed by atoms with Gasteiger partial charge in [0.05, 0.1) is 3.57 Å². The second-order valence-electron chi connectivity index (χ2n) is 2.45. The molecular weight excluding hydrogens is 302 g/mol. The lowest BCUT2D eigenvalue weighted by molar-refractivity contribution is 0.0505. The normalized spacial score (nSPS) is 10.1. The summed E-state index contributed by atoms with van der Waals surface area (Å²) in [7, 11) is 1.60. The van der Waals surface area contributed by atoms with Gasteiger partial charge in [-0.25, -0.2) is 0 Å². The van der Waals surface area contributed by atoms with Gasteiger partial charge in [-0.3, -0.25) is 0 Å². The van der Waals surface area contributed by atoms with Gasteiger partial charge in [-0.2, -0.15) is 0 Å². The first kappa shape index (κ1) is 11.1. The minimum absolute atomic E-state index is 0.274. The molecule has 0 spiro atoms. The van der Waals surface area contributed by atoms with E-state index in [2.05, 4.69) is 22.6 Å². The van der Waals surface area contributed by atoms with E-state index < -0.39 is 0 Å². The molecule has 0 atom stereocenters. The average Bonchev–Trinajstić information content (AvgIpc) is 2.16. The number of rotatable bonds is 4. The molecule has 0 heterocycles. The Kier molecular flexibility index (Phi) is 4.83. The average molecular weight is 313 g/mol. The van der Waals surface area contributed by atoms with Gasteiger partial charge in [0, 0.05) is 13.0 Å². The SMILES string of the molecule is COCOc1ccc(CCl)cc1I. The van der Waals surface area contributed by atoms with Crippen LogP contribution >= 0.6 is 34.2 Å². The topological polar surface area (TPSA) is 18.5 Å². The van der Waals surface area contributed by atoms with Crippen LogP contribution < -0.4 is 4.74 Å². The molecule has 0 N–H and O–H groups in total. The molecule has 0 aliphatic heterocycles. The molecule has 0 saturated heterocycles. The monoisotopic (exact) mass is 312 g/mol. The van der Waals surface area contributed by atoms with Gasteiger partial charge < -0.3 is 9.47 Å². The number of methoxy groups -OCH3 is 1. The second-order valence-corrected chi connectivity index (χ2v) is 3.88. The molecule has 13 heavy (non-hydrogen) atoms. The minimum atomic E-state index is 0.274. The third kappa shape index (κ3) is 3.32. The summed E-state index contributed by atoms with van der Waals surface area (Å²) >= 11 is 7.90. The van der Waals surface area contributed by atoms with Crippen molar-refractivity contribution in [2.24, 2.45) is 0 Å². The van der Waals surface area contributed by atoms with E-state index in [0.29, 0.717) is 5.88 Å². The van der Waals surface area contributed by atoms with E-state index in [9.17, 15) is 0 Å². The minimum Gasteiger partial charge on any atom is -0.466 e.